The fourth-order valence-corrected chi connectivity index (χ4v) is 1.33. The molecule has 1 aromatic heterocycles. The summed E-state index contributed by atoms with van der Waals surface area (Å²) in [5.74, 6) is -0.494. The highest BCUT2D eigenvalue weighted by Crippen LogP contribution is 2.27. The van der Waals surface area contributed by atoms with Gasteiger partial charge in [0.05, 0.1) is 12.4 Å². The zero-order chi connectivity index (χ0) is 13.2. The van der Waals surface area contributed by atoms with Crippen molar-refractivity contribution in [1.29, 1.82) is 0 Å². The van der Waals surface area contributed by atoms with Gasteiger partial charge in [-0.2, -0.15) is 13.2 Å². The Morgan fingerprint density at radius 3 is 2.28 bits per heavy atom. The molecule has 0 saturated carbocycles. The van der Waals surface area contributed by atoms with E-state index in [1.54, 1.807) is 18.2 Å². The molecule has 1 heterocycles. The Labute approximate surface area is 101 Å². The van der Waals surface area contributed by atoms with E-state index in [2.05, 4.69) is 9.97 Å². The van der Waals surface area contributed by atoms with Crippen LogP contribution in [0.15, 0.2) is 36.7 Å². The number of ether oxygens (including phenoxy) is 1. The van der Waals surface area contributed by atoms with Crippen LogP contribution in [0.3, 0.4) is 0 Å². The monoisotopic (exact) mass is 254 g/mol. The number of alkyl halides is 3. The van der Waals surface area contributed by atoms with Crippen molar-refractivity contribution in [2.75, 3.05) is 0 Å². The van der Waals surface area contributed by atoms with E-state index in [4.69, 9.17) is 4.74 Å². The average Bonchev–Trinajstić information content (AvgIpc) is 2.28. The van der Waals surface area contributed by atoms with E-state index in [1.165, 1.54) is 0 Å². The number of aryl methyl sites for hydroxylation is 1. The topological polar surface area (TPSA) is 35.0 Å². The number of rotatable bonds is 2. The van der Waals surface area contributed by atoms with E-state index in [9.17, 15) is 13.2 Å². The van der Waals surface area contributed by atoms with Crippen molar-refractivity contribution in [3.05, 3.63) is 48.0 Å². The van der Waals surface area contributed by atoms with Crippen molar-refractivity contribution in [1.82, 2.24) is 9.97 Å². The molecule has 0 spiro atoms. The molecule has 0 N–H and O–H groups in total. The van der Waals surface area contributed by atoms with E-state index in [-0.39, 0.29) is 5.75 Å². The van der Waals surface area contributed by atoms with Gasteiger partial charge < -0.3 is 4.74 Å². The molecule has 0 bridgehead atoms. The number of hydrogen-bond donors (Lipinski definition) is 0. The van der Waals surface area contributed by atoms with Gasteiger partial charge in [-0.05, 0) is 24.6 Å². The van der Waals surface area contributed by atoms with Crippen LogP contribution < -0.4 is 4.74 Å². The maximum Gasteiger partial charge on any atom is 0.451 e. The number of aromatic nitrogens is 2. The molecule has 0 saturated heterocycles. The minimum atomic E-state index is -4.54. The van der Waals surface area contributed by atoms with Gasteiger partial charge in [-0.3, -0.25) is 0 Å². The summed E-state index contributed by atoms with van der Waals surface area (Å²) in [6.45, 7) is 1.89. The highest BCUT2D eigenvalue weighted by atomic mass is 19.4. The molecule has 2 aromatic rings. The Bertz CT molecular complexity index is 538. The van der Waals surface area contributed by atoms with E-state index < -0.39 is 12.0 Å². The number of halogens is 3. The molecule has 0 aliphatic rings. The van der Waals surface area contributed by atoms with Crippen LogP contribution in [0, 0.1) is 6.92 Å². The fourth-order valence-electron chi connectivity index (χ4n) is 1.33. The molecule has 1 aromatic carbocycles. The van der Waals surface area contributed by atoms with E-state index in [1.807, 2.05) is 13.0 Å². The predicted molar refractivity (Wildman–Crippen MR) is 58.3 cm³/mol. The van der Waals surface area contributed by atoms with Gasteiger partial charge in [0.2, 0.25) is 5.82 Å². The van der Waals surface area contributed by atoms with Gasteiger partial charge in [0, 0.05) is 0 Å². The Hall–Kier alpha value is -2.11. The van der Waals surface area contributed by atoms with E-state index >= 15 is 0 Å². The lowest BCUT2D eigenvalue weighted by molar-refractivity contribution is -0.145. The highest BCUT2D eigenvalue weighted by molar-refractivity contribution is 5.31. The average molecular weight is 254 g/mol. The lowest BCUT2D eigenvalue weighted by Gasteiger charge is -2.07. The van der Waals surface area contributed by atoms with Crippen LogP contribution in [0.2, 0.25) is 0 Å². The summed E-state index contributed by atoms with van der Waals surface area (Å²) < 4.78 is 42.0. The molecule has 0 aliphatic heterocycles. The van der Waals surface area contributed by atoms with Gasteiger partial charge in [0.15, 0.2) is 5.75 Å². The van der Waals surface area contributed by atoms with E-state index in [0.29, 0.717) is 5.75 Å². The molecule has 0 fully saturated rings. The third kappa shape index (κ3) is 2.97. The number of nitrogens with zero attached hydrogens (tertiary/aromatic N) is 2. The van der Waals surface area contributed by atoms with Crippen LogP contribution in [0.4, 0.5) is 13.2 Å². The first kappa shape index (κ1) is 12.3. The fraction of sp³-hybridized carbons (Fsp3) is 0.167. The Balaban J connectivity index is 2.16. The zero-order valence-corrected chi connectivity index (χ0v) is 9.40. The van der Waals surface area contributed by atoms with E-state index in [0.717, 1.165) is 18.0 Å². The Kier molecular flexibility index (Phi) is 3.18. The molecule has 18 heavy (non-hydrogen) atoms. The van der Waals surface area contributed by atoms with Gasteiger partial charge in [-0.25, -0.2) is 9.97 Å². The van der Waals surface area contributed by atoms with Crippen LogP contribution in [-0.4, -0.2) is 9.97 Å². The van der Waals surface area contributed by atoms with Crippen LogP contribution in [0.5, 0.6) is 11.5 Å². The smallest absolute Gasteiger partial charge is 0.451 e. The summed E-state index contributed by atoms with van der Waals surface area (Å²) in [5, 5.41) is 0. The summed E-state index contributed by atoms with van der Waals surface area (Å²) in [4.78, 5) is 6.41. The van der Waals surface area contributed by atoms with Gasteiger partial charge in [-0.1, -0.05) is 12.1 Å². The van der Waals surface area contributed by atoms with Crippen LogP contribution in [0.25, 0.3) is 0 Å². The van der Waals surface area contributed by atoms with Crippen molar-refractivity contribution in [2.24, 2.45) is 0 Å². The molecule has 0 atom stereocenters. The van der Waals surface area contributed by atoms with Crippen molar-refractivity contribution >= 4 is 0 Å². The maximum atomic E-state index is 12.2. The molecular formula is C12H9F3N2O. The molecular weight excluding hydrogens is 245 g/mol. The first-order valence-corrected chi connectivity index (χ1v) is 5.09. The maximum absolute atomic E-state index is 12.2. The van der Waals surface area contributed by atoms with Crippen LogP contribution >= 0.6 is 0 Å². The third-order valence-electron chi connectivity index (χ3n) is 2.11. The summed E-state index contributed by atoms with van der Waals surface area (Å²) in [5.41, 5.74) is 0.986. The van der Waals surface area contributed by atoms with Gasteiger partial charge >= 0.3 is 6.18 Å². The molecule has 0 aliphatic carbocycles. The summed E-state index contributed by atoms with van der Waals surface area (Å²) in [7, 11) is 0. The van der Waals surface area contributed by atoms with Gasteiger partial charge in [0.25, 0.3) is 0 Å². The molecule has 6 heteroatoms. The zero-order valence-electron chi connectivity index (χ0n) is 9.40. The number of hydrogen-bond acceptors (Lipinski definition) is 3. The van der Waals surface area contributed by atoms with Crippen molar-refractivity contribution < 1.29 is 17.9 Å². The summed E-state index contributed by atoms with van der Waals surface area (Å²) >= 11 is 0. The first-order chi connectivity index (χ1) is 8.45. The molecule has 0 amide bonds. The standard InChI is InChI=1S/C12H9F3N2O/c1-8-3-2-4-9(5-8)18-10-6-16-11(17-7-10)12(13,14)15/h2-7H,1H3. The normalized spacial score (nSPS) is 11.3. The largest absolute Gasteiger partial charge is 0.454 e. The van der Waals surface area contributed by atoms with Crippen LogP contribution in [0.1, 0.15) is 11.4 Å². The Morgan fingerprint density at radius 2 is 1.72 bits per heavy atom. The summed E-state index contributed by atoms with van der Waals surface area (Å²) in [6.07, 6.45) is -2.54. The minimum absolute atomic E-state index is 0.161. The molecule has 0 radical (unpaired) electrons. The predicted octanol–water partition coefficient (Wildman–Crippen LogP) is 3.60. The molecule has 2 rings (SSSR count). The van der Waals surface area contributed by atoms with Crippen LogP contribution in [-0.2, 0) is 6.18 Å². The lowest BCUT2D eigenvalue weighted by Crippen LogP contribution is -2.10. The van der Waals surface area contributed by atoms with Crippen molar-refractivity contribution in [3.8, 4) is 11.5 Å². The first-order valence-electron chi connectivity index (χ1n) is 5.09. The minimum Gasteiger partial charge on any atom is -0.454 e. The summed E-state index contributed by atoms with van der Waals surface area (Å²) in [6, 6.07) is 7.13. The van der Waals surface area contributed by atoms with Gasteiger partial charge in [0.1, 0.15) is 5.75 Å². The second-order valence-electron chi connectivity index (χ2n) is 3.66. The quantitative estimate of drug-likeness (QED) is 0.821. The molecule has 3 nitrogen and oxygen atoms in total. The second kappa shape index (κ2) is 4.64. The molecule has 0 unspecified atom stereocenters. The van der Waals surface area contributed by atoms with Crippen molar-refractivity contribution in [3.63, 3.8) is 0 Å². The van der Waals surface area contributed by atoms with Crippen molar-refractivity contribution in [2.45, 2.75) is 13.1 Å². The Morgan fingerprint density at radius 1 is 1.06 bits per heavy atom. The second-order valence-corrected chi connectivity index (χ2v) is 3.66. The third-order valence-corrected chi connectivity index (χ3v) is 2.11. The molecule has 94 valence electrons. The highest BCUT2D eigenvalue weighted by Gasteiger charge is 2.34. The SMILES string of the molecule is Cc1cccc(Oc2cnc(C(F)(F)F)nc2)c1. The number of benzene rings is 1. The lowest BCUT2D eigenvalue weighted by atomic mass is 10.2. The van der Waals surface area contributed by atoms with Gasteiger partial charge in [-0.15, -0.1) is 0 Å².